The van der Waals surface area contributed by atoms with Crippen molar-refractivity contribution in [3.63, 3.8) is 0 Å². The minimum atomic E-state index is 0.891. The van der Waals surface area contributed by atoms with Crippen molar-refractivity contribution in [2.24, 2.45) is 0 Å². The molecule has 0 atom stereocenters. The van der Waals surface area contributed by atoms with Gasteiger partial charge in [-0.2, -0.15) is 0 Å². The predicted octanol–water partition coefficient (Wildman–Crippen LogP) is 6.36. The molecule has 0 amide bonds. The van der Waals surface area contributed by atoms with Gasteiger partial charge in [0.2, 0.25) is 0 Å². The van der Waals surface area contributed by atoms with Crippen molar-refractivity contribution in [3.05, 3.63) is 90.5 Å². The van der Waals surface area contributed by atoms with E-state index in [1.54, 1.807) is 0 Å². The summed E-state index contributed by atoms with van der Waals surface area (Å²) in [5, 5.41) is 2.32. The van der Waals surface area contributed by atoms with E-state index in [0.29, 0.717) is 0 Å². The van der Waals surface area contributed by atoms with Gasteiger partial charge in [-0.05, 0) is 37.3 Å². The Morgan fingerprint density at radius 2 is 1.35 bits per heavy atom. The van der Waals surface area contributed by atoms with Crippen molar-refractivity contribution in [1.29, 1.82) is 0 Å². The minimum absolute atomic E-state index is 0.891. The molecule has 1 nitrogen and oxygen atoms in total. The van der Waals surface area contributed by atoms with Crippen LogP contribution in [0.2, 0.25) is 0 Å². The number of hydrogen-bond donors (Lipinski definition) is 0. The van der Waals surface area contributed by atoms with Crippen molar-refractivity contribution in [3.8, 4) is 22.6 Å². The van der Waals surface area contributed by atoms with E-state index in [1.807, 2.05) is 18.2 Å². The van der Waals surface area contributed by atoms with Gasteiger partial charge in [0.1, 0.15) is 0 Å². The molecule has 0 radical (unpaired) electrons. The van der Waals surface area contributed by atoms with Crippen molar-refractivity contribution >= 4 is 10.8 Å². The molecule has 1 aromatic heterocycles. The molecule has 3 aromatic carbocycles. The highest BCUT2D eigenvalue weighted by atomic mass is 16.3. The topological polar surface area (TPSA) is 11.3 Å². The molecule has 0 aliphatic heterocycles. The van der Waals surface area contributed by atoms with Crippen molar-refractivity contribution in [1.82, 2.24) is 0 Å². The molecule has 0 bridgehead atoms. The lowest BCUT2D eigenvalue weighted by Gasteiger charge is -2.00. The Bertz CT molecular complexity index is 954. The molecule has 0 saturated carbocycles. The van der Waals surface area contributed by atoms with Gasteiger partial charge in [-0.15, -0.1) is 0 Å². The summed E-state index contributed by atoms with van der Waals surface area (Å²) in [5.74, 6) is 1.81. The van der Waals surface area contributed by atoms with Crippen LogP contribution in [-0.2, 0) is 0 Å². The van der Waals surface area contributed by atoms with E-state index < -0.39 is 0 Å². The molecule has 1 heterocycles. The Kier molecular flexibility index (Phi) is 3.39. The molecular weight excluding hydrogens is 280 g/mol. The van der Waals surface area contributed by atoms with Crippen molar-refractivity contribution < 1.29 is 4.42 Å². The van der Waals surface area contributed by atoms with Gasteiger partial charge >= 0.3 is 11.5 Å². The maximum Gasteiger partial charge on any atom is 0.368 e. The minimum Gasteiger partial charge on any atom is -0.206 e. The van der Waals surface area contributed by atoms with Gasteiger partial charge in [-0.3, -0.25) is 0 Å². The van der Waals surface area contributed by atoms with Crippen LogP contribution in [0.25, 0.3) is 33.4 Å². The molecule has 0 unspecified atom stereocenters. The zero-order chi connectivity index (χ0) is 15.6. The first-order chi connectivity index (χ1) is 11.3. The predicted molar refractivity (Wildman–Crippen MR) is 96.2 cm³/mol. The molecule has 110 valence electrons. The largest absolute Gasteiger partial charge is 0.368 e. The number of rotatable bonds is 2. The van der Waals surface area contributed by atoms with Crippen LogP contribution in [0, 0.1) is 6.92 Å². The molecule has 1 heteroatoms. The fourth-order valence-electron chi connectivity index (χ4n) is 2.83. The summed E-state index contributed by atoms with van der Waals surface area (Å²) in [4.78, 5) is 0. The molecule has 0 fully saturated rings. The van der Waals surface area contributed by atoms with E-state index in [1.165, 1.54) is 10.9 Å². The lowest BCUT2D eigenvalue weighted by molar-refractivity contribution is 0.588. The maximum absolute atomic E-state index is 6.30. The van der Waals surface area contributed by atoms with E-state index in [9.17, 15) is 0 Å². The Morgan fingerprint density at radius 3 is 2.13 bits per heavy atom. The van der Waals surface area contributed by atoms with E-state index in [2.05, 4.69) is 73.7 Å². The van der Waals surface area contributed by atoms with E-state index in [0.717, 1.165) is 28.0 Å². The summed E-state index contributed by atoms with van der Waals surface area (Å²) in [7, 11) is 0. The lowest BCUT2D eigenvalue weighted by Crippen LogP contribution is -1.85. The van der Waals surface area contributed by atoms with Crippen LogP contribution in [0.5, 0.6) is 0 Å². The summed E-state index contributed by atoms with van der Waals surface area (Å²) < 4.78 is 6.30. The monoisotopic (exact) mass is 297 g/mol. The third-order valence-corrected chi connectivity index (χ3v) is 4.08. The Labute approximate surface area is 135 Å². The van der Waals surface area contributed by atoms with Crippen LogP contribution in [0.15, 0.2) is 89.3 Å². The van der Waals surface area contributed by atoms with Gasteiger partial charge in [0.25, 0.3) is 0 Å². The first kappa shape index (κ1) is 13.7. The summed E-state index contributed by atoms with van der Waals surface area (Å²) in [6.07, 6.45) is 0. The van der Waals surface area contributed by atoms with Gasteiger partial charge in [-0.1, -0.05) is 54.1 Å². The Morgan fingerprint density at radius 1 is 0.652 bits per heavy atom. The highest BCUT2D eigenvalue weighted by molar-refractivity contribution is 5.95. The molecular formula is C22H17O+. The van der Waals surface area contributed by atoms with Gasteiger partial charge in [0, 0.05) is 5.39 Å². The molecule has 0 aliphatic rings. The van der Waals surface area contributed by atoms with Gasteiger partial charge in [0.05, 0.1) is 22.6 Å². The second kappa shape index (κ2) is 5.69. The average molecular weight is 297 g/mol. The smallest absolute Gasteiger partial charge is 0.206 e. The van der Waals surface area contributed by atoms with Crippen LogP contribution < -0.4 is 0 Å². The average Bonchev–Trinajstić information content (AvgIpc) is 2.62. The van der Waals surface area contributed by atoms with Crippen LogP contribution >= 0.6 is 0 Å². The normalized spacial score (nSPS) is 10.8. The standard InChI is InChI=1S/C22H17O/c1-16-11-13-17(14-12-16)21-15-19-9-5-6-10-20(19)22(23-21)18-7-3-2-4-8-18/h2-15H,1H3/q+1. The third kappa shape index (κ3) is 2.62. The quantitative estimate of drug-likeness (QED) is 0.392. The van der Waals surface area contributed by atoms with Crippen molar-refractivity contribution in [2.75, 3.05) is 0 Å². The van der Waals surface area contributed by atoms with E-state index >= 15 is 0 Å². The van der Waals surface area contributed by atoms with E-state index in [4.69, 9.17) is 4.42 Å². The van der Waals surface area contributed by atoms with Gasteiger partial charge in [-0.25, -0.2) is 4.42 Å². The number of aryl methyl sites for hydroxylation is 1. The van der Waals surface area contributed by atoms with Crippen molar-refractivity contribution in [2.45, 2.75) is 6.92 Å². The summed E-state index contributed by atoms with van der Waals surface area (Å²) in [5.41, 5.74) is 3.44. The molecule has 23 heavy (non-hydrogen) atoms. The first-order valence-corrected chi connectivity index (χ1v) is 7.79. The van der Waals surface area contributed by atoms with Gasteiger partial charge < -0.3 is 0 Å². The second-order valence-corrected chi connectivity index (χ2v) is 5.76. The fraction of sp³-hybridized carbons (Fsp3) is 0.0455. The van der Waals surface area contributed by atoms with Crippen LogP contribution in [0.4, 0.5) is 0 Å². The van der Waals surface area contributed by atoms with E-state index in [-0.39, 0.29) is 0 Å². The molecule has 0 N–H and O–H groups in total. The Balaban J connectivity index is 1.99. The second-order valence-electron chi connectivity index (χ2n) is 5.76. The molecule has 0 aliphatic carbocycles. The number of fused-ring (bicyclic) bond motifs is 1. The maximum atomic E-state index is 6.30. The van der Waals surface area contributed by atoms with Gasteiger partial charge in [0.15, 0.2) is 0 Å². The number of benzene rings is 3. The van der Waals surface area contributed by atoms with Crippen LogP contribution in [0.1, 0.15) is 5.56 Å². The Hall–Kier alpha value is -2.93. The fourth-order valence-corrected chi connectivity index (χ4v) is 2.83. The highest BCUT2D eigenvalue weighted by Gasteiger charge is 2.21. The third-order valence-electron chi connectivity index (χ3n) is 4.08. The molecule has 0 spiro atoms. The highest BCUT2D eigenvalue weighted by Crippen LogP contribution is 2.34. The zero-order valence-corrected chi connectivity index (χ0v) is 13.0. The zero-order valence-electron chi connectivity index (χ0n) is 13.0. The first-order valence-electron chi connectivity index (χ1n) is 7.79. The molecule has 4 aromatic rings. The SMILES string of the molecule is Cc1ccc(-c2cc3ccccc3c(-c3ccccc3)[o+]2)cc1. The summed E-state index contributed by atoms with van der Waals surface area (Å²) in [6.45, 7) is 2.09. The molecule has 4 rings (SSSR count). The van der Waals surface area contributed by atoms with Crippen LogP contribution in [0.3, 0.4) is 0 Å². The summed E-state index contributed by atoms with van der Waals surface area (Å²) >= 11 is 0. The van der Waals surface area contributed by atoms with Crippen LogP contribution in [-0.4, -0.2) is 0 Å². The number of hydrogen-bond acceptors (Lipinski definition) is 0. The lowest BCUT2D eigenvalue weighted by atomic mass is 10.0. The molecule has 0 saturated heterocycles. The summed E-state index contributed by atoms with van der Waals surface area (Å²) in [6, 6.07) is 29.2.